The SMILES string of the molecule is C=C.C=CC(=C)c1cc(-c2cccnc2)n[nH]1. The molecular formula is C14H15N3. The molecule has 0 amide bonds. The first-order valence-corrected chi connectivity index (χ1v) is 5.09. The Hall–Kier alpha value is -2.42. The van der Waals surface area contributed by atoms with Crippen molar-refractivity contribution in [3.05, 3.63) is 68.7 Å². The largest absolute Gasteiger partial charge is 0.277 e. The third kappa shape index (κ3) is 3.01. The van der Waals surface area contributed by atoms with Gasteiger partial charge in [0.2, 0.25) is 0 Å². The molecule has 86 valence electrons. The molecule has 0 atom stereocenters. The third-order valence-electron chi connectivity index (χ3n) is 2.13. The molecule has 2 heterocycles. The van der Waals surface area contributed by atoms with Gasteiger partial charge >= 0.3 is 0 Å². The smallest absolute Gasteiger partial charge is 0.0942 e. The van der Waals surface area contributed by atoms with Gasteiger partial charge in [-0.3, -0.25) is 10.1 Å². The average molecular weight is 225 g/mol. The molecule has 2 aromatic rings. The number of hydrogen-bond donors (Lipinski definition) is 1. The van der Waals surface area contributed by atoms with E-state index in [0.29, 0.717) is 0 Å². The van der Waals surface area contributed by atoms with Crippen LogP contribution in [0.1, 0.15) is 5.69 Å². The second-order valence-corrected chi connectivity index (χ2v) is 3.14. The van der Waals surface area contributed by atoms with Gasteiger partial charge in [-0.05, 0) is 23.8 Å². The zero-order valence-electron chi connectivity index (χ0n) is 9.69. The van der Waals surface area contributed by atoms with Gasteiger partial charge in [0.05, 0.1) is 11.4 Å². The zero-order chi connectivity index (χ0) is 12.7. The number of rotatable bonds is 3. The Morgan fingerprint density at radius 1 is 1.35 bits per heavy atom. The van der Waals surface area contributed by atoms with Crippen LogP contribution < -0.4 is 0 Å². The van der Waals surface area contributed by atoms with Crippen LogP contribution >= 0.6 is 0 Å². The van der Waals surface area contributed by atoms with Crippen LogP contribution in [0.5, 0.6) is 0 Å². The Kier molecular flexibility index (Phi) is 4.63. The highest BCUT2D eigenvalue weighted by molar-refractivity contribution is 5.72. The minimum Gasteiger partial charge on any atom is -0.277 e. The first kappa shape index (κ1) is 12.6. The normalized spacial score (nSPS) is 8.94. The van der Waals surface area contributed by atoms with Crippen LogP contribution in [0.25, 0.3) is 16.8 Å². The van der Waals surface area contributed by atoms with Gasteiger partial charge in [0.1, 0.15) is 0 Å². The fourth-order valence-corrected chi connectivity index (χ4v) is 1.26. The highest BCUT2D eigenvalue weighted by atomic mass is 15.1. The van der Waals surface area contributed by atoms with E-state index in [0.717, 1.165) is 22.5 Å². The van der Waals surface area contributed by atoms with Crippen LogP contribution in [0.3, 0.4) is 0 Å². The van der Waals surface area contributed by atoms with Gasteiger partial charge in [-0.25, -0.2) is 0 Å². The van der Waals surface area contributed by atoms with E-state index in [4.69, 9.17) is 0 Å². The second-order valence-electron chi connectivity index (χ2n) is 3.14. The minimum absolute atomic E-state index is 0.831. The van der Waals surface area contributed by atoms with E-state index in [2.05, 4.69) is 41.5 Å². The summed E-state index contributed by atoms with van der Waals surface area (Å²) >= 11 is 0. The van der Waals surface area contributed by atoms with Gasteiger partial charge in [-0.15, -0.1) is 13.2 Å². The number of nitrogens with one attached hydrogen (secondary N) is 1. The first-order chi connectivity index (χ1) is 8.31. The molecule has 17 heavy (non-hydrogen) atoms. The van der Waals surface area contributed by atoms with Crippen molar-refractivity contribution in [1.29, 1.82) is 0 Å². The molecule has 0 unspecified atom stereocenters. The summed E-state index contributed by atoms with van der Waals surface area (Å²) in [5.41, 5.74) is 3.56. The average Bonchev–Trinajstić information content (AvgIpc) is 2.91. The predicted molar refractivity (Wildman–Crippen MR) is 72.3 cm³/mol. The van der Waals surface area contributed by atoms with Crippen LogP contribution in [0.4, 0.5) is 0 Å². The van der Waals surface area contributed by atoms with Gasteiger partial charge in [-0.1, -0.05) is 19.2 Å². The van der Waals surface area contributed by atoms with Crippen molar-refractivity contribution < 1.29 is 0 Å². The van der Waals surface area contributed by atoms with Gasteiger partial charge in [0, 0.05) is 18.0 Å². The van der Waals surface area contributed by atoms with Crippen LogP contribution in [-0.2, 0) is 0 Å². The number of nitrogens with zero attached hydrogens (tertiary/aromatic N) is 2. The maximum absolute atomic E-state index is 4.18. The summed E-state index contributed by atoms with van der Waals surface area (Å²) in [6.45, 7) is 13.5. The molecule has 1 N–H and O–H groups in total. The molecule has 2 aromatic heterocycles. The minimum atomic E-state index is 0.831. The van der Waals surface area contributed by atoms with E-state index in [9.17, 15) is 0 Å². The number of aromatic amines is 1. The van der Waals surface area contributed by atoms with Gasteiger partial charge in [0.15, 0.2) is 0 Å². The van der Waals surface area contributed by atoms with Gasteiger partial charge in [0.25, 0.3) is 0 Å². The molecule has 0 radical (unpaired) electrons. The Balaban J connectivity index is 0.000000686. The number of hydrogen-bond acceptors (Lipinski definition) is 2. The Morgan fingerprint density at radius 3 is 2.71 bits per heavy atom. The van der Waals surface area contributed by atoms with Crippen LogP contribution in [0.15, 0.2) is 63.0 Å². The van der Waals surface area contributed by atoms with Crippen molar-refractivity contribution in [1.82, 2.24) is 15.2 Å². The summed E-state index contributed by atoms with van der Waals surface area (Å²) in [6, 6.07) is 5.77. The van der Waals surface area contributed by atoms with Crippen molar-refractivity contribution >= 4 is 5.57 Å². The molecule has 0 saturated heterocycles. The van der Waals surface area contributed by atoms with E-state index in [1.165, 1.54) is 0 Å². The van der Waals surface area contributed by atoms with E-state index in [-0.39, 0.29) is 0 Å². The monoisotopic (exact) mass is 225 g/mol. The highest BCUT2D eigenvalue weighted by Gasteiger charge is 2.04. The maximum Gasteiger partial charge on any atom is 0.0942 e. The van der Waals surface area contributed by atoms with E-state index in [1.54, 1.807) is 18.5 Å². The van der Waals surface area contributed by atoms with Gasteiger partial charge < -0.3 is 0 Å². The maximum atomic E-state index is 4.18. The number of pyridine rings is 1. The van der Waals surface area contributed by atoms with Gasteiger partial charge in [-0.2, -0.15) is 5.10 Å². The van der Waals surface area contributed by atoms with Crippen molar-refractivity contribution in [3.63, 3.8) is 0 Å². The summed E-state index contributed by atoms with van der Waals surface area (Å²) in [4.78, 5) is 4.04. The predicted octanol–water partition coefficient (Wildman–Crippen LogP) is 3.47. The van der Waals surface area contributed by atoms with Crippen molar-refractivity contribution in [2.24, 2.45) is 0 Å². The number of allylic oxidation sites excluding steroid dienone is 2. The Bertz CT molecular complexity index is 497. The lowest BCUT2D eigenvalue weighted by molar-refractivity contribution is 1.08. The molecule has 0 aliphatic rings. The molecular weight excluding hydrogens is 210 g/mol. The zero-order valence-corrected chi connectivity index (χ0v) is 9.69. The quantitative estimate of drug-likeness (QED) is 0.642. The lowest BCUT2D eigenvalue weighted by Crippen LogP contribution is -1.78. The Labute approximate surface area is 101 Å². The lowest BCUT2D eigenvalue weighted by atomic mass is 10.1. The summed E-state index contributed by atoms with van der Waals surface area (Å²) < 4.78 is 0. The molecule has 0 aliphatic carbocycles. The number of H-pyrrole nitrogens is 1. The van der Waals surface area contributed by atoms with Crippen molar-refractivity contribution in [3.8, 4) is 11.3 Å². The number of aromatic nitrogens is 3. The third-order valence-corrected chi connectivity index (χ3v) is 2.13. The van der Waals surface area contributed by atoms with Crippen LogP contribution in [-0.4, -0.2) is 15.2 Å². The molecule has 0 aromatic carbocycles. The molecule has 0 bridgehead atoms. The Morgan fingerprint density at radius 2 is 2.12 bits per heavy atom. The highest BCUT2D eigenvalue weighted by Crippen LogP contribution is 2.19. The topological polar surface area (TPSA) is 41.6 Å². The molecule has 0 aliphatic heterocycles. The lowest BCUT2D eigenvalue weighted by Gasteiger charge is -1.92. The summed E-state index contributed by atoms with van der Waals surface area (Å²) in [6.07, 6.45) is 5.21. The second kappa shape index (κ2) is 6.23. The molecule has 0 fully saturated rings. The van der Waals surface area contributed by atoms with E-state index < -0.39 is 0 Å². The molecule has 2 rings (SSSR count). The summed E-state index contributed by atoms with van der Waals surface area (Å²) in [5, 5.41) is 7.09. The standard InChI is InChI=1S/C12H11N3.C2H4/c1-3-9(2)11-7-12(15-14-11)10-5-4-6-13-8-10;1-2/h3-8H,1-2H2,(H,14,15);1-2H2. The first-order valence-electron chi connectivity index (χ1n) is 5.09. The molecule has 0 spiro atoms. The fourth-order valence-electron chi connectivity index (χ4n) is 1.26. The summed E-state index contributed by atoms with van der Waals surface area (Å²) in [5.74, 6) is 0. The fraction of sp³-hybridized carbons (Fsp3) is 0. The van der Waals surface area contributed by atoms with E-state index in [1.807, 2.05) is 18.2 Å². The van der Waals surface area contributed by atoms with Crippen LogP contribution in [0.2, 0.25) is 0 Å². The molecule has 3 nitrogen and oxygen atoms in total. The van der Waals surface area contributed by atoms with Crippen LogP contribution in [0, 0.1) is 0 Å². The van der Waals surface area contributed by atoms with Crippen molar-refractivity contribution in [2.45, 2.75) is 0 Å². The molecule has 0 saturated carbocycles. The van der Waals surface area contributed by atoms with E-state index >= 15 is 0 Å². The molecule has 3 heteroatoms. The van der Waals surface area contributed by atoms with Crippen molar-refractivity contribution in [2.75, 3.05) is 0 Å². The summed E-state index contributed by atoms with van der Waals surface area (Å²) in [7, 11) is 0.